The van der Waals surface area contributed by atoms with Crippen LogP contribution in [0.25, 0.3) is 0 Å². The zero-order chi connectivity index (χ0) is 9.42. The van der Waals surface area contributed by atoms with Gasteiger partial charge in [-0.3, -0.25) is 4.68 Å². The molecule has 1 aromatic heterocycles. The number of hydrogen-bond acceptors (Lipinski definition) is 2. The number of methoxy groups -OCH3 is 1. The van der Waals surface area contributed by atoms with E-state index in [0.717, 1.165) is 10.9 Å². The first-order valence-electron chi connectivity index (χ1n) is 4.46. The second kappa shape index (κ2) is 3.42. The molecule has 13 heavy (non-hydrogen) atoms. The van der Waals surface area contributed by atoms with Crippen LogP contribution in [0, 0.1) is 6.92 Å². The van der Waals surface area contributed by atoms with Gasteiger partial charge in [0, 0.05) is 12.8 Å². The number of ether oxygens (including phenoxy) is 1. The third kappa shape index (κ3) is 1.42. The van der Waals surface area contributed by atoms with Crippen LogP contribution in [-0.4, -0.2) is 23.0 Å². The van der Waals surface area contributed by atoms with Gasteiger partial charge in [0.2, 0.25) is 0 Å². The number of aromatic nitrogens is 2. The molecule has 3 nitrogen and oxygen atoms in total. The first kappa shape index (κ1) is 9.21. The van der Waals surface area contributed by atoms with Crippen LogP contribution in [0.5, 0.6) is 0 Å². The van der Waals surface area contributed by atoms with Crippen molar-refractivity contribution in [3.05, 3.63) is 16.4 Å². The number of halogens is 1. The summed E-state index contributed by atoms with van der Waals surface area (Å²) in [5, 5.41) is 4.33. The van der Waals surface area contributed by atoms with Gasteiger partial charge in [0.1, 0.15) is 0 Å². The van der Waals surface area contributed by atoms with Crippen LogP contribution in [0.15, 0.2) is 10.7 Å². The normalized spacial score (nSPS) is 27.3. The molecule has 0 bridgehead atoms. The van der Waals surface area contributed by atoms with E-state index in [0.29, 0.717) is 12.1 Å². The smallest absolute Gasteiger partial charge is 0.0796 e. The molecule has 0 N–H and O–H groups in total. The highest BCUT2D eigenvalue weighted by atomic mass is 79.9. The highest BCUT2D eigenvalue weighted by Crippen LogP contribution is 2.35. The quantitative estimate of drug-likeness (QED) is 0.799. The molecule has 1 saturated carbocycles. The molecule has 4 heteroatoms. The van der Waals surface area contributed by atoms with Crippen molar-refractivity contribution < 1.29 is 4.74 Å². The van der Waals surface area contributed by atoms with Crippen molar-refractivity contribution in [1.82, 2.24) is 9.78 Å². The van der Waals surface area contributed by atoms with Crippen LogP contribution < -0.4 is 0 Å². The topological polar surface area (TPSA) is 27.1 Å². The van der Waals surface area contributed by atoms with Crippen LogP contribution in [0.3, 0.4) is 0 Å². The van der Waals surface area contributed by atoms with Crippen molar-refractivity contribution in [2.45, 2.75) is 31.9 Å². The van der Waals surface area contributed by atoms with Crippen LogP contribution in [0.4, 0.5) is 0 Å². The summed E-state index contributed by atoms with van der Waals surface area (Å²) in [5.74, 6) is 0. The molecule has 0 spiro atoms. The molecule has 72 valence electrons. The van der Waals surface area contributed by atoms with Crippen molar-refractivity contribution in [3.63, 3.8) is 0 Å². The summed E-state index contributed by atoms with van der Waals surface area (Å²) in [5.41, 5.74) is 1.19. The van der Waals surface area contributed by atoms with Gasteiger partial charge < -0.3 is 4.74 Å². The van der Waals surface area contributed by atoms with Crippen LogP contribution in [-0.2, 0) is 4.74 Å². The van der Waals surface area contributed by atoms with Gasteiger partial charge in [-0.25, -0.2) is 0 Å². The van der Waals surface area contributed by atoms with Gasteiger partial charge in [0.25, 0.3) is 0 Å². The Balaban J connectivity index is 2.21. The predicted octanol–water partition coefficient (Wildman–Crippen LogP) is 2.30. The Hall–Kier alpha value is -0.350. The molecule has 1 aromatic rings. The summed E-state index contributed by atoms with van der Waals surface area (Å²) in [4.78, 5) is 0. The monoisotopic (exact) mass is 244 g/mol. The zero-order valence-corrected chi connectivity index (χ0v) is 9.41. The summed E-state index contributed by atoms with van der Waals surface area (Å²) < 4.78 is 8.48. The fraction of sp³-hybridized carbons (Fsp3) is 0.667. The molecule has 1 aliphatic rings. The Morgan fingerprint density at radius 3 is 2.77 bits per heavy atom. The van der Waals surface area contributed by atoms with Crippen molar-refractivity contribution in [1.29, 1.82) is 0 Å². The fourth-order valence-electron chi connectivity index (χ4n) is 1.74. The number of hydrogen-bond donors (Lipinski definition) is 0. The maximum absolute atomic E-state index is 5.34. The molecule has 0 aliphatic heterocycles. The first-order valence-corrected chi connectivity index (χ1v) is 5.25. The van der Waals surface area contributed by atoms with Gasteiger partial charge in [-0.2, -0.15) is 5.10 Å². The van der Waals surface area contributed by atoms with E-state index in [4.69, 9.17) is 4.74 Å². The van der Waals surface area contributed by atoms with Crippen molar-refractivity contribution in [2.24, 2.45) is 0 Å². The van der Waals surface area contributed by atoms with Crippen LogP contribution >= 0.6 is 15.9 Å². The summed E-state index contributed by atoms with van der Waals surface area (Å²) in [6.45, 7) is 2.07. The maximum Gasteiger partial charge on any atom is 0.0796 e. The molecule has 1 heterocycles. The van der Waals surface area contributed by atoms with E-state index < -0.39 is 0 Å². The SMILES string of the molecule is CO[C@H]1CCC1n1ncc(Br)c1C. The van der Waals surface area contributed by atoms with E-state index in [1.807, 2.05) is 6.20 Å². The van der Waals surface area contributed by atoms with E-state index in [2.05, 4.69) is 32.6 Å². The van der Waals surface area contributed by atoms with Gasteiger partial charge in [0.15, 0.2) is 0 Å². The number of nitrogens with zero attached hydrogens (tertiary/aromatic N) is 2. The Kier molecular flexibility index (Phi) is 2.43. The van der Waals surface area contributed by atoms with E-state index >= 15 is 0 Å². The molecule has 2 atom stereocenters. The second-order valence-corrected chi connectivity index (χ2v) is 4.30. The first-order chi connectivity index (χ1) is 6.24. The summed E-state index contributed by atoms with van der Waals surface area (Å²) in [7, 11) is 1.77. The lowest BCUT2D eigenvalue weighted by molar-refractivity contribution is -0.0146. The van der Waals surface area contributed by atoms with Crippen molar-refractivity contribution >= 4 is 15.9 Å². The molecule has 0 saturated heterocycles. The van der Waals surface area contributed by atoms with E-state index in [9.17, 15) is 0 Å². The fourth-order valence-corrected chi connectivity index (χ4v) is 2.02. The number of rotatable bonds is 2. The molecule has 0 amide bonds. The predicted molar refractivity (Wildman–Crippen MR) is 53.7 cm³/mol. The molecular formula is C9H13BrN2O. The van der Waals surface area contributed by atoms with E-state index in [1.54, 1.807) is 7.11 Å². The van der Waals surface area contributed by atoms with Gasteiger partial charge in [-0.15, -0.1) is 0 Å². The average molecular weight is 245 g/mol. The summed E-state index contributed by atoms with van der Waals surface area (Å²) >= 11 is 3.46. The van der Waals surface area contributed by atoms with Gasteiger partial charge in [-0.1, -0.05) is 0 Å². The summed E-state index contributed by atoms with van der Waals surface area (Å²) in [6.07, 6.45) is 4.52. The maximum atomic E-state index is 5.34. The van der Waals surface area contributed by atoms with Crippen molar-refractivity contribution in [3.8, 4) is 0 Å². The third-order valence-electron chi connectivity index (χ3n) is 2.78. The minimum atomic E-state index is 0.352. The van der Waals surface area contributed by atoms with E-state index in [1.165, 1.54) is 12.1 Å². The highest BCUT2D eigenvalue weighted by Gasteiger charge is 2.33. The molecule has 1 aliphatic carbocycles. The lowest BCUT2D eigenvalue weighted by atomic mass is 9.89. The van der Waals surface area contributed by atoms with Crippen LogP contribution in [0.1, 0.15) is 24.6 Å². The van der Waals surface area contributed by atoms with Gasteiger partial charge >= 0.3 is 0 Å². The Labute approximate surface area is 86.2 Å². The molecule has 1 unspecified atom stereocenters. The Morgan fingerprint density at radius 1 is 1.62 bits per heavy atom. The van der Waals surface area contributed by atoms with Gasteiger partial charge in [-0.05, 0) is 35.7 Å². The van der Waals surface area contributed by atoms with Gasteiger partial charge in [0.05, 0.1) is 22.8 Å². The average Bonchev–Trinajstić information content (AvgIpc) is 2.35. The second-order valence-electron chi connectivity index (χ2n) is 3.44. The highest BCUT2D eigenvalue weighted by molar-refractivity contribution is 9.10. The third-order valence-corrected chi connectivity index (χ3v) is 3.56. The molecule has 0 aromatic carbocycles. The Morgan fingerprint density at radius 2 is 2.38 bits per heavy atom. The van der Waals surface area contributed by atoms with Crippen LogP contribution in [0.2, 0.25) is 0 Å². The minimum Gasteiger partial charge on any atom is -0.379 e. The zero-order valence-electron chi connectivity index (χ0n) is 7.83. The minimum absolute atomic E-state index is 0.352. The lowest BCUT2D eigenvalue weighted by Gasteiger charge is -2.36. The molecule has 2 rings (SSSR count). The summed E-state index contributed by atoms with van der Waals surface area (Å²) in [6, 6.07) is 0.441. The van der Waals surface area contributed by atoms with Crippen molar-refractivity contribution in [2.75, 3.05) is 7.11 Å². The largest absolute Gasteiger partial charge is 0.379 e. The molecule has 0 radical (unpaired) electrons. The lowest BCUT2D eigenvalue weighted by Crippen LogP contribution is -2.36. The van der Waals surface area contributed by atoms with E-state index in [-0.39, 0.29) is 0 Å². The molecular weight excluding hydrogens is 232 g/mol. The molecule has 1 fully saturated rings. The Bertz CT molecular complexity index is 309. The standard InChI is InChI=1S/C9H13BrN2O/c1-6-7(10)5-11-12(6)8-3-4-9(8)13-2/h5,8-9H,3-4H2,1-2H3/t8?,9-/m0/s1.